The molecule has 0 atom stereocenters. The van der Waals surface area contributed by atoms with Gasteiger partial charge in [0.25, 0.3) is 0 Å². The first-order valence-electron chi connectivity index (χ1n) is 6.70. The van der Waals surface area contributed by atoms with Gasteiger partial charge in [-0.25, -0.2) is 14.6 Å². The lowest BCUT2D eigenvalue weighted by Gasteiger charge is -2.38. The zero-order valence-corrected chi connectivity index (χ0v) is 12.8. The normalized spacial score (nSPS) is 14.1. The summed E-state index contributed by atoms with van der Waals surface area (Å²) in [4.78, 5) is 39.5. The lowest BCUT2D eigenvalue weighted by Crippen LogP contribution is -2.62. The summed E-state index contributed by atoms with van der Waals surface area (Å²) >= 11 is 1.22. The van der Waals surface area contributed by atoms with Gasteiger partial charge in [0.15, 0.2) is 5.13 Å². The maximum atomic E-state index is 11.8. The van der Waals surface area contributed by atoms with Crippen LogP contribution in [0.4, 0.5) is 14.7 Å². The van der Waals surface area contributed by atoms with Crippen molar-refractivity contribution >= 4 is 34.5 Å². The number of primary amides is 1. The molecule has 0 bridgehead atoms. The Kier molecular flexibility index (Phi) is 5.15. The number of likely N-dealkylation sites (tertiary alicyclic amines) is 1. The van der Waals surface area contributed by atoms with Gasteiger partial charge in [-0.1, -0.05) is 0 Å². The van der Waals surface area contributed by atoms with Crippen LogP contribution < -0.4 is 16.4 Å². The molecule has 1 aromatic rings. The second-order valence-electron chi connectivity index (χ2n) is 4.67. The molecule has 2 rings (SSSR count). The smallest absolute Gasteiger partial charge is 0.413 e. The number of carbonyl (C=O) groups is 3. The molecule has 4 amide bonds. The second-order valence-corrected chi connectivity index (χ2v) is 5.53. The van der Waals surface area contributed by atoms with Crippen LogP contribution >= 0.6 is 11.3 Å². The van der Waals surface area contributed by atoms with E-state index in [0.717, 1.165) is 0 Å². The fourth-order valence-corrected chi connectivity index (χ4v) is 2.59. The molecule has 1 aliphatic rings. The molecule has 1 fully saturated rings. The van der Waals surface area contributed by atoms with Gasteiger partial charge < -0.3 is 20.7 Å². The molecule has 1 aromatic heterocycles. The van der Waals surface area contributed by atoms with E-state index in [9.17, 15) is 14.4 Å². The van der Waals surface area contributed by atoms with E-state index in [0.29, 0.717) is 23.9 Å². The molecular weight excluding hydrogens is 310 g/mol. The topological polar surface area (TPSA) is 127 Å². The van der Waals surface area contributed by atoms with Crippen molar-refractivity contribution in [2.45, 2.75) is 19.4 Å². The van der Waals surface area contributed by atoms with Gasteiger partial charge in [0.05, 0.1) is 24.8 Å². The molecule has 1 saturated heterocycles. The van der Waals surface area contributed by atoms with Gasteiger partial charge in [0, 0.05) is 18.5 Å². The number of anilines is 1. The summed E-state index contributed by atoms with van der Waals surface area (Å²) < 4.78 is 4.74. The van der Waals surface area contributed by atoms with E-state index in [4.69, 9.17) is 10.5 Å². The number of ether oxygens (including phenoxy) is 1. The Balaban J connectivity index is 1.74. The average molecular weight is 327 g/mol. The van der Waals surface area contributed by atoms with Crippen LogP contribution in [-0.4, -0.2) is 53.7 Å². The molecule has 0 spiro atoms. The molecule has 120 valence electrons. The molecule has 2 heterocycles. The monoisotopic (exact) mass is 327 g/mol. The van der Waals surface area contributed by atoms with Crippen molar-refractivity contribution in [1.82, 2.24) is 15.2 Å². The van der Waals surface area contributed by atoms with Gasteiger partial charge in [-0.05, 0) is 6.92 Å². The first-order chi connectivity index (χ1) is 10.5. The quantitative estimate of drug-likeness (QED) is 0.708. The zero-order chi connectivity index (χ0) is 16.1. The molecular formula is C12H17N5O4S. The van der Waals surface area contributed by atoms with E-state index < -0.39 is 12.1 Å². The molecule has 0 unspecified atom stereocenters. The molecule has 10 heteroatoms. The van der Waals surface area contributed by atoms with Crippen molar-refractivity contribution in [1.29, 1.82) is 0 Å². The second kappa shape index (κ2) is 7.07. The van der Waals surface area contributed by atoms with Gasteiger partial charge in [-0.3, -0.25) is 10.1 Å². The number of thiazole rings is 1. The number of hydrogen-bond acceptors (Lipinski definition) is 6. The summed E-state index contributed by atoms with van der Waals surface area (Å²) in [6.07, 6.45) is -0.470. The highest BCUT2D eigenvalue weighted by molar-refractivity contribution is 7.13. The number of aromatic nitrogens is 1. The number of nitrogens with one attached hydrogen (secondary N) is 2. The van der Waals surface area contributed by atoms with Gasteiger partial charge >= 0.3 is 12.1 Å². The summed E-state index contributed by atoms with van der Waals surface area (Å²) in [6, 6.07) is -0.560. The molecule has 0 aromatic carbocycles. The van der Waals surface area contributed by atoms with Gasteiger partial charge in [0.1, 0.15) is 0 Å². The fraction of sp³-hybridized carbons (Fsp3) is 0.500. The Morgan fingerprint density at radius 1 is 1.50 bits per heavy atom. The first-order valence-corrected chi connectivity index (χ1v) is 7.57. The number of nitrogens with two attached hydrogens (primary N) is 1. The largest absolute Gasteiger partial charge is 0.450 e. The van der Waals surface area contributed by atoms with Crippen LogP contribution in [0.1, 0.15) is 12.6 Å². The van der Waals surface area contributed by atoms with E-state index in [2.05, 4.69) is 15.6 Å². The maximum absolute atomic E-state index is 11.8. The Bertz CT molecular complexity index is 570. The van der Waals surface area contributed by atoms with Crippen molar-refractivity contribution in [2.75, 3.05) is 25.0 Å². The summed E-state index contributed by atoms with van der Waals surface area (Å²) in [5.74, 6) is -0.192. The van der Waals surface area contributed by atoms with E-state index in [1.54, 1.807) is 12.3 Å². The van der Waals surface area contributed by atoms with Crippen LogP contribution in [0.25, 0.3) is 0 Å². The van der Waals surface area contributed by atoms with Gasteiger partial charge in [-0.15, -0.1) is 11.3 Å². The van der Waals surface area contributed by atoms with Crippen LogP contribution in [0.3, 0.4) is 0 Å². The van der Waals surface area contributed by atoms with Crippen molar-refractivity contribution < 1.29 is 19.1 Å². The van der Waals surface area contributed by atoms with Crippen molar-refractivity contribution in [2.24, 2.45) is 5.73 Å². The molecule has 0 aliphatic carbocycles. The van der Waals surface area contributed by atoms with Crippen LogP contribution in [0.5, 0.6) is 0 Å². The molecule has 0 radical (unpaired) electrons. The minimum Gasteiger partial charge on any atom is -0.450 e. The minimum atomic E-state index is -0.575. The van der Waals surface area contributed by atoms with Crippen LogP contribution in [-0.2, 0) is 16.0 Å². The molecule has 0 saturated carbocycles. The van der Waals surface area contributed by atoms with Gasteiger partial charge in [0.2, 0.25) is 5.91 Å². The number of rotatable bonds is 5. The van der Waals surface area contributed by atoms with Crippen molar-refractivity contribution in [3.05, 3.63) is 11.1 Å². The standard InChI is InChI=1S/C12H17N5O4S/c1-2-21-12(20)16-11-15-7(6-22-11)3-9(18)14-8-4-17(5-8)10(13)19/h6,8H,2-5H2,1H3,(H2,13,19)(H,14,18)(H,15,16,20). The summed E-state index contributed by atoms with van der Waals surface area (Å²) in [6.45, 7) is 2.83. The predicted octanol–water partition coefficient (Wildman–Crippen LogP) is 0.133. The highest BCUT2D eigenvalue weighted by Gasteiger charge is 2.30. The number of hydrogen-bond donors (Lipinski definition) is 3. The lowest BCUT2D eigenvalue weighted by molar-refractivity contribution is -0.122. The van der Waals surface area contributed by atoms with Gasteiger partial charge in [-0.2, -0.15) is 0 Å². The Morgan fingerprint density at radius 3 is 2.86 bits per heavy atom. The van der Waals surface area contributed by atoms with Crippen molar-refractivity contribution in [3.8, 4) is 0 Å². The summed E-state index contributed by atoms with van der Waals surface area (Å²) in [5, 5.41) is 7.33. The predicted molar refractivity (Wildman–Crippen MR) is 79.5 cm³/mol. The third-order valence-electron chi connectivity index (χ3n) is 2.94. The van der Waals surface area contributed by atoms with E-state index in [-0.39, 0.29) is 25.0 Å². The molecule has 4 N–H and O–H groups in total. The Hall–Kier alpha value is -2.36. The third-order valence-corrected chi connectivity index (χ3v) is 3.74. The van der Waals surface area contributed by atoms with Crippen LogP contribution in [0.15, 0.2) is 5.38 Å². The zero-order valence-electron chi connectivity index (χ0n) is 12.0. The average Bonchev–Trinajstić information content (AvgIpc) is 2.80. The SMILES string of the molecule is CCOC(=O)Nc1nc(CC(=O)NC2CN(C(N)=O)C2)cs1. The fourth-order valence-electron chi connectivity index (χ4n) is 1.89. The number of nitrogens with zero attached hydrogens (tertiary/aromatic N) is 2. The van der Waals surface area contributed by atoms with Crippen LogP contribution in [0, 0.1) is 0 Å². The number of carbonyl (C=O) groups excluding carboxylic acids is 3. The maximum Gasteiger partial charge on any atom is 0.413 e. The number of urea groups is 1. The third kappa shape index (κ3) is 4.32. The number of amides is 4. The first kappa shape index (κ1) is 16.0. The van der Waals surface area contributed by atoms with E-state index >= 15 is 0 Å². The highest BCUT2D eigenvalue weighted by atomic mass is 32.1. The highest BCUT2D eigenvalue weighted by Crippen LogP contribution is 2.16. The molecule has 9 nitrogen and oxygen atoms in total. The van der Waals surface area contributed by atoms with Crippen LogP contribution in [0.2, 0.25) is 0 Å². The molecule has 22 heavy (non-hydrogen) atoms. The van der Waals surface area contributed by atoms with E-state index in [1.165, 1.54) is 16.2 Å². The summed E-state index contributed by atoms with van der Waals surface area (Å²) in [5.41, 5.74) is 5.66. The Labute approximate surface area is 130 Å². The summed E-state index contributed by atoms with van der Waals surface area (Å²) in [7, 11) is 0. The molecule has 1 aliphatic heterocycles. The van der Waals surface area contributed by atoms with Crippen molar-refractivity contribution in [3.63, 3.8) is 0 Å². The Morgan fingerprint density at radius 2 is 2.23 bits per heavy atom. The van der Waals surface area contributed by atoms with E-state index in [1.807, 2.05) is 0 Å². The lowest BCUT2D eigenvalue weighted by atomic mass is 10.1. The minimum absolute atomic E-state index is 0.0734.